The monoisotopic (exact) mass is 164 g/mol. The summed E-state index contributed by atoms with van der Waals surface area (Å²) in [6.07, 6.45) is -1.63. The molecule has 0 fully saturated rings. The molecule has 1 atom stereocenters. The Hall–Kier alpha value is 0.680. The van der Waals surface area contributed by atoms with Gasteiger partial charge in [0.2, 0.25) is 0 Å². The van der Waals surface area contributed by atoms with Gasteiger partial charge in [0.05, 0.1) is 6.61 Å². The fraction of sp³-hybridized carbons (Fsp3) is 0.667. The standard InChI is InChI=1S/C3H6O4.ClH.Na/c4-1-2(5)3(6)7;;/h2,4-5H,1H2,(H,6,7);1H;/q;;+1/p-1. The maximum Gasteiger partial charge on any atom is 1.00 e. The molecule has 4 nitrogen and oxygen atoms in total. The normalized spacial score (nSPS) is 10.4. The molecule has 0 heterocycles. The van der Waals surface area contributed by atoms with Crippen LogP contribution in [0.5, 0.6) is 0 Å². The van der Waals surface area contributed by atoms with E-state index >= 15 is 0 Å². The van der Waals surface area contributed by atoms with Crippen molar-refractivity contribution in [3.05, 3.63) is 0 Å². The van der Waals surface area contributed by atoms with Crippen LogP contribution in [-0.2, 0) is 4.79 Å². The maximum absolute atomic E-state index is 9.52. The molecule has 3 N–H and O–H groups in total. The van der Waals surface area contributed by atoms with Crippen LogP contribution < -0.4 is 42.0 Å². The van der Waals surface area contributed by atoms with Crippen LogP contribution in [-0.4, -0.2) is 34.0 Å². The number of aliphatic hydroxyl groups is 2. The second-order valence-electron chi connectivity index (χ2n) is 1.04. The minimum Gasteiger partial charge on any atom is -1.00 e. The minimum atomic E-state index is -1.63. The molecular weight excluding hydrogens is 158 g/mol. The third-order valence-corrected chi connectivity index (χ3v) is 0.458. The number of carbonyl (C=O) groups is 1. The molecule has 0 radical (unpaired) electrons. The van der Waals surface area contributed by atoms with Crippen LogP contribution in [0.1, 0.15) is 0 Å². The second kappa shape index (κ2) is 8.68. The Morgan fingerprint density at radius 2 is 1.89 bits per heavy atom. The van der Waals surface area contributed by atoms with Gasteiger partial charge in [-0.2, -0.15) is 0 Å². The summed E-state index contributed by atoms with van der Waals surface area (Å²) in [6, 6.07) is 0. The van der Waals surface area contributed by atoms with Crippen molar-refractivity contribution in [2.75, 3.05) is 6.61 Å². The number of hydrogen-bond acceptors (Lipinski definition) is 3. The molecule has 0 aliphatic carbocycles. The number of carboxylic acid groups (broad SMARTS) is 1. The first-order valence-electron chi connectivity index (χ1n) is 1.70. The van der Waals surface area contributed by atoms with Gasteiger partial charge in [0.1, 0.15) is 0 Å². The van der Waals surface area contributed by atoms with E-state index in [1.165, 1.54) is 0 Å². The van der Waals surface area contributed by atoms with Crippen molar-refractivity contribution >= 4 is 5.97 Å². The summed E-state index contributed by atoms with van der Waals surface area (Å²) in [5.74, 6) is -1.40. The molecule has 0 aromatic rings. The Labute approximate surface area is 80.6 Å². The van der Waals surface area contributed by atoms with E-state index < -0.39 is 18.7 Å². The number of aliphatic hydroxyl groups excluding tert-OH is 2. The van der Waals surface area contributed by atoms with Gasteiger partial charge < -0.3 is 27.7 Å². The first-order chi connectivity index (χ1) is 3.18. The van der Waals surface area contributed by atoms with E-state index in [9.17, 15) is 4.79 Å². The SMILES string of the molecule is O=C(O)C(O)CO.[Cl-].[Na+]. The number of hydrogen-bond donors (Lipinski definition) is 3. The number of halogens is 1. The van der Waals surface area contributed by atoms with E-state index in [4.69, 9.17) is 15.3 Å². The molecular formula is C3H6ClNaO4. The van der Waals surface area contributed by atoms with Gasteiger partial charge in [0, 0.05) is 0 Å². The van der Waals surface area contributed by atoms with E-state index in [0.29, 0.717) is 0 Å². The third kappa shape index (κ3) is 8.68. The Morgan fingerprint density at radius 1 is 1.56 bits per heavy atom. The summed E-state index contributed by atoms with van der Waals surface area (Å²) in [5.41, 5.74) is 0. The van der Waals surface area contributed by atoms with Gasteiger partial charge in [-0.1, -0.05) is 0 Å². The quantitative estimate of drug-likeness (QED) is 0.355. The topological polar surface area (TPSA) is 77.8 Å². The summed E-state index contributed by atoms with van der Waals surface area (Å²) < 4.78 is 0. The van der Waals surface area contributed by atoms with Crippen LogP contribution in [0.25, 0.3) is 0 Å². The summed E-state index contributed by atoms with van der Waals surface area (Å²) in [4.78, 5) is 9.52. The third-order valence-electron chi connectivity index (χ3n) is 0.458. The van der Waals surface area contributed by atoms with Gasteiger partial charge >= 0.3 is 35.5 Å². The molecule has 0 bridgehead atoms. The van der Waals surface area contributed by atoms with Gasteiger partial charge in [-0.15, -0.1) is 0 Å². The van der Waals surface area contributed by atoms with E-state index in [0.717, 1.165) is 0 Å². The van der Waals surface area contributed by atoms with Crippen LogP contribution in [0, 0.1) is 0 Å². The van der Waals surface area contributed by atoms with Gasteiger partial charge in [0.15, 0.2) is 6.10 Å². The average Bonchev–Trinajstić information content (AvgIpc) is 1.65. The molecule has 9 heavy (non-hydrogen) atoms. The van der Waals surface area contributed by atoms with Gasteiger partial charge in [0.25, 0.3) is 0 Å². The van der Waals surface area contributed by atoms with Crippen LogP contribution >= 0.6 is 0 Å². The largest absolute Gasteiger partial charge is 1.00 e. The fourth-order valence-electron chi connectivity index (χ4n) is 0.0781. The molecule has 50 valence electrons. The summed E-state index contributed by atoms with van der Waals surface area (Å²) in [7, 11) is 0. The van der Waals surface area contributed by atoms with Crippen LogP contribution in [0.4, 0.5) is 0 Å². The van der Waals surface area contributed by atoms with Crippen molar-refractivity contribution in [1.29, 1.82) is 0 Å². The fourth-order valence-corrected chi connectivity index (χ4v) is 0.0781. The molecule has 1 unspecified atom stereocenters. The van der Waals surface area contributed by atoms with E-state index in [-0.39, 0.29) is 42.0 Å². The molecule has 6 heteroatoms. The van der Waals surface area contributed by atoms with Crippen molar-refractivity contribution < 1.29 is 62.1 Å². The molecule has 0 aliphatic heterocycles. The zero-order valence-corrected chi connectivity index (χ0v) is 7.67. The Bertz CT molecular complexity index is 78.2. The van der Waals surface area contributed by atoms with E-state index in [2.05, 4.69) is 0 Å². The zero-order chi connectivity index (χ0) is 5.86. The van der Waals surface area contributed by atoms with Gasteiger partial charge in [-0.25, -0.2) is 4.79 Å². The van der Waals surface area contributed by atoms with Crippen LogP contribution in [0.15, 0.2) is 0 Å². The summed E-state index contributed by atoms with van der Waals surface area (Å²) in [6.45, 7) is -0.727. The Balaban J connectivity index is -0.000000180. The number of carboxylic acids is 1. The molecule has 0 aromatic carbocycles. The predicted octanol–water partition coefficient (Wildman–Crippen LogP) is -7.57. The van der Waals surface area contributed by atoms with Crippen molar-refractivity contribution in [3.8, 4) is 0 Å². The number of aliphatic carboxylic acids is 1. The molecule has 0 amide bonds. The van der Waals surface area contributed by atoms with Crippen LogP contribution in [0.2, 0.25) is 0 Å². The Kier molecular flexibility index (Phi) is 15.8. The van der Waals surface area contributed by atoms with Crippen molar-refractivity contribution in [2.24, 2.45) is 0 Å². The minimum absolute atomic E-state index is 0. The molecule has 0 aromatic heterocycles. The van der Waals surface area contributed by atoms with E-state index in [1.807, 2.05) is 0 Å². The van der Waals surface area contributed by atoms with Gasteiger partial charge in [-0.3, -0.25) is 0 Å². The molecule has 0 saturated carbocycles. The first kappa shape index (κ1) is 16.3. The molecule has 0 aliphatic rings. The zero-order valence-electron chi connectivity index (χ0n) is 4.91. The Morgan fingerprint density at radius 3 is 1.89 bits per heavy atom. The molecule has 0 rings (SSSR count). The summed E-state index contributed by atoms with van der Waals surface area (Å²) in [5, 5.41) is 23.7. The van der Waals surface area contributed by atoms with Crippen molar-refractivity contribution in [2.45, 2.75) is 6.10 Å². The molecule has 0 saturated heterocycles. The average molecular weight is 165 g/mol. The van der Waals surface area contributed by atoms with Crippen molar-refractivity contribution in [3.63, 3.8) is 0 Å². The second-order valence-corrected chi connectivity index (χ2v) is 1.04. The maximum atomic E-state index is 9.52. The van der Waals surface area contributed by atoms with E-state index in [1.54, 1.807) is 0 Å². The number of rotatable bonds is 2. The smallest absolute Gasteiger partial charge is 1.00 e. The van der Waals surface area contributed by atoms with Crippen molar-refractivity contribution in [1.82, 2.24) is 0 Å². The van der Waals surface area contributed by atoms with Crippen LogP contribution in [0.3, 0.4) is 0 Å². The predicted molar refractivity (Wildman–Crippen MR) is 20.7 cm³/mol. The van der Waals surface area contributed by atoms with Gasteiger partial charge in [-0.05, 0) is 0 Å². The summed E-state index contributed by atoms with van der Waals surface area (Å²) >= 11 is 0. The first-order valence-corrected chi connectivity index (χ1v) is 1.70. The molecule has 0 spiro atoms.